The minimum atomic E-state index is -0.0263. The summed E-state index contributed by atoms with van der Waals surface area (Å²) in [5, 5.41) is 23.2. The molecule has 0 saturated carbocycles. The number of aromatic nitrogens is 1. The Kier molecular flexibility index (Phi) is 3.61. The van der Waals surface area contributed by atoms with Crippen LogP contribution in [-0.2, 0) is 6.42 Å². The molecular formula is C21H19NO3. The van der Waals surface area contributed by atoms with E-state index in [0.717, 1.165) is 58.4 Å². The van der Waals surface area contributed by atoms with Gasteiger partial charge in [0.1, 0.15) is 5.75 Å². The van der Waals surface area contributed by atoms with Crippen molar-refractivity contribution in [1.29, 1.82) is 0 Å². The van der Waals surface area contributed by atoms with Gasteiger partial charge in [0.05, 0.1) is 17.3 Å². The Balaban J connectivity index is 2.30. The van der Waals surface area contributed by atoms with Gasteiger partial charge in [0, 0.05) is 27.8 Å². The number of aryl methyl sites for hydroxylation is 1. The molecule has 2 aromatic carbocycles. The number of aliphatic hydroxyl groups is 1. The van der Waals surface area contributed by atoms with Crippen molar-refractivity contribution in [3.63, 3.8) is 0 Å². The maximum atomic E-state index is 11.8. The van der Waals surface area contributed by atoms with E-state index in [1.165, 1.54) is 0 Å². The molecule has 0 aliphatic heterocycles. The zero-order chi connectivity index (χ0) is 17.6. The van der Waals surface area contributed by atoms with E-state index in [4.69, 9.17) is 0 Å². The second-order valence-electron chi connectivity index (χ2n) is 6.42. The third-order valence-electron chi connectivity index (χ3n) is 4.79. The first-order valence-electron chi connectivity index (χ1n) is 8.51. The summed E-state index contributed by atoms with van der Waals surface area (Å²) in [5.41, 5.74) is 2.77. The number of hydrogen-bond donors (Lipinski definition) is 2. The van der Waals surface area contributed by atoms with E-state index in [-0.39, 0.29) is 11.2 Å². The summed E-state index contributed by atoms with van der Waals surface area (Å²) in [6.07, 6.45) is 4.05. The summed E-state index contributed by atoms with van der Waals surface area (Å²) < 4.78 is 2.10. The van der Waals surface area contributed by atoms with E-state index in [9.17, 15) is 15.0 Å². The van der Waals surface area contributed by atoms with Gasteiger partial charge in [-0.05, 0) is 54.6 Å². The third-order valence-corrected chi connectivity index (χ3v) is 4.79. The van der Waals surface area contributed by atoms with Crippen LogP contribution in [0.4, 0.5) is 0 Å². The van der Waals surface area contributed by atoms with Crippen molar-refractivity contribution < 1.29 is 10.2 Å². The largest absolute Gasteiger partial charge is 0.515 e. The lowest BCUT2D eigenvalue weighted by atomic mass is 10.1. The van der Waals surface area contributed by atoms with Gasteiger partial charge in [-0.25, -0.2) is 0 Å². The Bertz CT molecular complexity index is 1220. The maximum Gasteiger partial charge on any atom is 0.179 e. The normalized spacial score (nSPS) is 12.6. The number of hydrogen-bond acceptors (Lipinski definition) is 3. The Morgan fingerprint density at radius 2 is 1.88 bits per heavy atom. The molecule has 0 aliphatic carbocycles. The molecule has 0 amide bonds. The molecule has 2 N–H and O–H groups in total. The molecule has 126 valence electrons. The van der Waals surface area contributed by atoms with Gasteiger partial charge in [-0.2, -0.15) is 0 Å². The fourth-order valence-electron chi connectivity index (χ4n) is 3.66. The molecule has 2 aromatic heterocycles. The molecule has 2 heterocycles. The molecule has 4 heteroatoms. The molecule has 4 nitrogen and oxygen atoms in total. The standard InChI is InChI=1S/C21H19NO3/c1-2-3-4-14-9-13-10-15(24)5-7-17(13)21-19(12-23)18-8-6-16(25)11-20(18)22(14)21/h5-12,23,25H,2-4H2,1H3/b19-12+. The molecule has 0 fully saturated rings. The Labute approximate surface area is 144 Å². The van der Waals surface area contributed by atoms with Gasteiger partial charge in [0.2, 0.25) is 0 Å². The van der Waals surface area contributed by atoms with Gasteiger partial charge in [-0.1, -0.05) is 13.3 Å². The molecule has 0 spiro atoms. The summed E-state index contributed by atoms with van der Waals surface area (Å²) >= 11 is 0. The minimum absolute atomic E-state index is 0.0263. The van der Waals surface area contributed by atoms with Crippen LogP contribution >= 0.6 is 0 Å². The monoisotopic (exact) mass is 333 g/mol. The van der Waals surface area contributed by atoms with E-state index < -0.39 is 0 Å². The summed E-state index contributed by atoms with van der Waals surface area (Å²) in [5.74, 6) is 0.188. The molecule has 0 atom stereocenters. The zero-order valence-electron chi connectivity index (χ0n) is 14.0. The SMILES string of the molecule is CCCCc1cc2cc(=O)ccc2c2/c(=C/O)c3ccc(O)cc3n12. The second-order valence-corrected chi connectivity index (χ2v) is 6.42. The first-order valence-corrected chi connectivity index (χ1v) is 8.51. The summed E-state index contributed by atoms with van der Waals surface area (Å²) in [7, 11) is 0. The number of phenolic OH excluding ortho intramolecular Hbond substituents is 1. The van der Waals surface area contributed by atoms with E-state index in [1.807, 2.05) is 18.2 Å². The Morgan fingerprint density at radius 1 is 1.08 bits per heavy atom. The lowest BCUT2D eigenvalue weighted by molar-refractivity contribution is 0.476. The molecule has 4 aromatic rings. The Hall–Kier alpha value is -3.01. The number of aromatic hydroxyl groups is 1. The summed E-state index contributed by atoms with van der Waals surface area (Å²) in [4.78, 5) is 11.8. The van der Waals surface area contributed by atoms with E-state index in [2.05, 4.69) is 11.3 Å². The maximum absolute atomic E-state index is 11.8. The van der Waals surface area contributed by atoms with Crippen LogP contribution < -0.4 is 10.6 Å². The predicted molar refractivity (Wildman–Crippen MR) is 101 cm³/mol. The average Bonchev–Trinajstić information content (AvgIpc) is 2.93. The van der Waals surface area contributed by atoms with E-state index >= 15 is 0 Å². The van der Waals surface area contributed by atoms with Gasteiger partial charge in [0.25, 0.3) is 0 Å². The predicted octanol–water partition coefficient (Wildman–Crippen LogP) is 3.67. The van der Waals surface area contributed by atoms with Crippen LogP contribution in [-0.4, -0.2) is 14.6 Å². The van der Waals surface area contributed by atoms with Crippen LogP contribution in [0.25, 0.3) is 33.5 Å². The number of unbranched alkanes of at least 4 members (excludes halogenated alkanes) is 1. The minimum Gasteiger partial charge on any atom is -0.515 e. The van der Waals surface area contributed by atoms with Crippen LogP contribution in [0.2, 0.25) is 0 Å². The number of benzene rings is 2. The highest BCUT2D eigenvalue weighted by atomic mass is 16.3. The third kappa shape index (κ3) is 2.33. The summed E-state index contributed by atoms with van der Waals surface area (Å²) in [6, 6.07) is 12.2. The van der Waals surface area contributed by atoms with Gasteiger partial charge < -0.3 is 14.6 Å². The quantitative estimate of drug-likeness (QED) is 0.601. The highest BCUT2D eigenvalue weighted by Gasteiger charge is 2.14. The number of rotatable bonds is 3. The fraction of sp³-hybridized carbons (Fsp3) is 0.190. The van der Waals surface area contributed by atoms with Crippen LogP contribution in [0.3, 0.4) is 0 Å². The molecule has 0 aliphatic rings. The molecule has 0 radical (unpaired) electrons. The first kappa shape index (κ1) is 15.5. The van der Waals surface area contributed by atoms with Gasteiger partial charge >= 0.3 is 0 Å². The summed E-state index contributed by atoms with van der Waals surface area (Å²) in [6.45, 7) is 2.14. The molecule has 0 unspecified atom stereocenters. The van der Waals surface area contributed by atoms with Crippen LogP contribution in [0.5, 0.6) is 5.75 Å². The highest BCUT2D eigenvalue weighted by molar-refractivity contribution is 6.03. The van der Waals surface area contributed by atoms with Crippen molar-refractivity contribution in [3.8, 4) is 5.75 Å². The number of phenols is 1. The average molecular weight is 333 g/mol. The Morgan fingerprint density at radius 3 is 2.64 bits per heavy atom. The van der Waals surface area contributed by atoms with Crippen molar-refractivity contribution in [1.82, 2.24) is 4.40 Å². The molecule has 4 rings (SSSR count). The van der Waals surface area contributed by atoms with Gasteiger partial charge in [-0.15, -0.1) is 0 Å². The zero-order valence-corrected chi connectivity index (χ0v) is 14.0. The van der Waals surface area contributed by atoms with E-state index in [1.54, 1.807) is 24.3 Å². The number of nitrogens with zero attached hydrogens (tertiary/aromatic N) is 1. The van der Waals surface area contributed by atoms with Crippen molar-refractivity contribution in [2.75, 3.05) is 0 Å². The molecular weight excluding hydrogens is 314 g/mol. The lowest BCUT2D eigenvalue weighted by Gasteiger charge is -2.10. The van der Waals surface area contributed by atoms with Gasteiger partial charge in [-0.3, -0.25) is 4.79 Å². The van der Waals surface area contributed by atoms with E-state index in [0.29, 0.717) is 5.22 Å². The van der Waals surface area contributed by atoms with Crippen LogP contribution in [0.15, 0.2) is 47.3 Å². The number of aliphatic hydroxyl groups excluding tert-OH is 1. The van der Waals surface area contributed by atoms with Crippen molar-refractivity contribution in [3.05, 3.63) is 63.6 Å². The second kappa shape index (κ2) is 5.81. The topological polar surface area (TPSA) is 61.9 Å². The van der Waals surface area contributed by atoms with Crippen LogP contribution in [0.1, 0.15) is 25.5 Å². The van der Waals surface area contributed by atoms with Crippen LogP contribution in [0, 0.1) is 0 Å². The highest BCUT2D eigenvalue weighted by Crippen LogP contribution is 2.28. The first-order chi connectivity index (χ1) is 12.1. The van der Waals surface area contributed by atoms with Crippen molar-refractivity contribution in [2.45, 2.75) is 26.2 Å². The lowest BCUT2D eigenvalue weighted by Crippen LogP contribution is -2.05. The van der Waals surface area contributed by atoms with Crippen molar-refractivity contribution >= 4 is 33.5 Å². The smallest absolute Gasteiger partial charge is 0.179 e. The molecule has 0 saturated heterocycles. The number of pyridine rings is 1. The fourth-order valence-corrected chi connectivity index (χ4v) is 3.66. The molecule has 25 heavy (non-hydrogen) atoms. The number of fused-ring (bicyclic) bond motifs is 5. The van der Waals surface area contributed by atoms with Crippen molar-refractivity contribution in [2.24, 2.45) is 0 Å². The van der Waals surface area contributed by atoms with Gasteiger partial charge in [0.15, 0.2) is 5.43 Å². The molecule has 0 bridgehead atoms.